The van der Waals surface area contributed by atoms with E-state index in [0.717, 1.165) is 11.1 Å². The van der Waals surface area contributed by atoms with E-state index in [0.29, 0.717) is 37.8 Å². The lowest BCUT2D eigenvalue weighted by atomic mass is 10.1. The standard InChI is InChI=1S/C21H23N7O2/c1-14-4-5-15(2)16(12-14)26-19(29)17-18(25-13-24-17)20(30)27-8-10-28(11-9-27)21-22-6-3-7-23-21/h3-7,12-13H,8-11H2,1-2H3,(H,24,25)(H,26,29). The Labute approximate surface area is 174 Å². The van der Waals surface area contributed by atoms with Gasteiger partial charge in [-0.1, -0.05) is 12.1 Å². The van der Waals surface area contributed by atoms with Crippen LogP contribution in [-0.2, 0) is 0 Å². The third-order valence-electron chi connectivity index (χ3n) is 5.11. The van der Waals surface area contributed by atoms with Crippen molar-refractivity contribution in [2.75, 3.05) is 36.4 Å². The van der Waals surface area contributed by atoms with Gasteiger partial charge in [-0.3, -0.25) is 9.59 Å². The summed E-state index contributed by atoms with van der Waals surface area (Å²) in [5, 5.41) is 2.86. The third-order valence-corrected chi connectivity index (χ3v) is 5.11. The molecular weight excluding hydrogens is 382 g/mol. The van der Waals surface area contributed by atoms with Gasteiger partial charge in [0, 0.05) is 44.3 Å². The average molecular weight is 405 g/mol. The molecule has 9 nitrogen and oxygen atoms in total. The Hall–Kier alpha value is -3.75. The van der Waals surface area contributed by atoms with Crippen molar-refractivity contribution in [2.45, 2.75) is 13.8 Å². The van der Waals surface area contributed by atoms with E-state index in [1.165, 1.54) is 6.33 Å². The molecule has 3 heterocycles. The van der Waals surface area contributed by atoms with E-state index >= 15 is 0 Å². The zero-order valence-electron chi connectivity index (χ0n) is 16.9. The van der Waals surface area contributed by atoms with Crippen LogP contribution in [0.1, 0.15) is 32.1 Å². The van der Waals surface area contributed by atoms with E-state index in [2.05, 4.69) is 25.3 Å². The van der Waals surface area contributed by atoms with Gasteiger partial charge in [0.15, 0.2) is 5.69 Å². The molecule has 1 aliphatic heterocycles. The zero-order chi connectivity index (χ0) is 21.1. The van der Waals surface area contributed by atoms with Crippen LogP contribution >= 0.6 is 0 Å². The molecule has 0 spiro atoms. The van der Waals surface area contributed by atoms with E-state index in [4.69, 9.17) is 0 Å². The molecule has 0 bridgehead atoms. The predicted molar refractivity (Wildman–Crippen MR) is 113 cm³/mol. The summed E-state index contributed by atoms with van der Waals surface area (Å²) in [5.74, 6) is -0.00315. The van der Waals surface area contributed by atoms with Crippen LogP contribution in [0.25, 0.3) is 0 Å². The highest BCUT2D eigenvalue weighted by molar-refractivity contribution is 6.10. The summed E-state index contributed by atoms with van der Waals surface area (Å²) in [6.45, 7) is 6.13. The first-order chi connectivity index (χ1) is 14.5. The predicted octanol–water partition coefficient (Wildman–Crippen LogP) is 2.03. The molecule has 2 amide bonds. The first kappa shape index (κ1) is 19.6. The van der Waals surface area contributed by atoms with E-state index in [9.17, 15) is 9.59 Å². The van der Waals surface area contributed by atoms with Gasteiger partial charge in [0.1, 0.15) is 5.69 Å². The zero-order valence-corrected chi connectivity index (χ0v) is 16.9. The van der Waals surface area contributed by atoms with Gasteiger partial charge in [-0.15, -0.1) is 0 Å². The van der Waals surface area contributed by atoms with Crippen LogP contribution in [-0.4, -0.2) is 62.8 Å². The maximum absolute atomic E-state index is 13.0. The summed E-state index contributed by atoms with van der Waals surface area (Å²) < 4.78 is 0. The number of nitrogens with one attached hydrogen (secondary N) is 2. The number of H-pyrrole nitrogens is 1. The second kappa shape index (κ2) is 8.32. The lowest BCUT2D eigenvalue weighted by Crippen LogP contribution is -2.49. The Kier molecular flexibility index (Phi) is 5.42. The number of amides is 2. The molecule has 1 aliphatic rings. The van der Waals surface area contributed by atoms with Crippen molar-refractivity contribution >= 4 is 23.5 Å². The van der Waals surface area contributed by atoms with Crippen LogP contribution in [0.5, 0.6) is 0 Å². The summed E-state index contributed by atoms with van der Waals surface area (Å²) in [7, 11) is 0. The highest BCUT2D eigenvalue weighted by Gasteiger charge is 2.28. The van der Waals surface area contributed by atoms with Crippen molar-refractivity contribution < 1.29 is 9.59 Å². The van der Waals surface area contributed by atoms with Crippen LogP contribution in [0.4, 0.5) is 11.6 Å². The van der Waals surface area contributed by atoms with Crippen molar-refractivity contribution in [1.82, 2.24) is 24.8 Å². The number of rotatable bonds is 4. The number of carbonyl (C=O) groups is 2. The van der Waals surface area contributed by atoms with Crippen LogP contribution in [0, 0.1) is 13.8 Å². The second-order valence-electron chi connectivity index (χ2n) is 7.23. The van der Waals surface area contributed by atoms with Gasteiger partial charge in [0.05, 0.1) is 6.33 Å². The number of carbonyl (C=O) groups excluding carboxylic acids is 2. The quantitative estimate of drug-likeness (QED) is 0.688. The number of imidazole rings is 1. The fraction of sp³-hybridized carbons (Fsp3) is 0.286. The molecule has 154 valence electrons. The van der Waals surface area contributed by atoms with E-state index < -0.39 is 5.91 Å². The Morgan fingerprint density at radius 1 is 1.03 bits per heavy atom. The van der Waals surface area contributed by atoms with Gasteiger partial charge in [0.2, 0.25) is 5.95 Å². The van der Waals surface area contributed by atoms with Gasteiger partial charge >= 0.3 is 0 Å². The molecule has 0 aliphatic carbocycles. The molecule has 1 aromatic carbocycles. The summed E-state index contributed by atoms with van der Waals surface area (Å²) in [6, 6.07) is 7.59. The van der Waals surface area contributed by atoms with Crippen LogP contribution in [0.15, 0.2) is 43.0 Å². The maximum Gasteiger partial charge on any atom is 0.276 e. The minimum Gasteiger partial charge on any atom is -0.340 e. The van der Waals surface area contributed by atoms with Crippen molar-refractivity contribution in [1.29, 1.82) is 0 Å². The summed E-state index contributed by atoms with van der Waals surface area (Å²) in [4.78, 5) is 45.0. The van der Waals surface area contributed by atoms with E-state index in [1.54, 1.807) is 23.4 Å². The normalized spacial score (nSPS) is 13.9. The minimum absolute atomic E-state index is 0.0923. The van der Waals surface area contributed by atoms with Crippen molar-refractivity contribution in [3.05, 3.63) is 65.5 Å². The fourth-order valence-electron chi connectivity index (χ4n) is 3.40. The first-order valence-electron chi connectivity index (χ1n) is 9.76. The van der Waals surface area contributed by atoms with Crippen molar-refractivity contribution in [3.63, 3.8) is 0 Å². The Morgan fingerprint density at radius 2 is 1.77 bits per heavy atom. The highest BCUT2D eigenvalue weighted by Crippen LogP contribution is 2.19. The van der Waals surface area contributed by atoms with Gasteiger partial charge in [-0.05, 0) is 37.1 Å². The van der Waals surface area contributed by atoms with Crippen molar-refractivity contribution in [2.24, 2.45) is 0 Å². The molecular formula is C21H23N7O2. The SMILES string of the molecule is Cc1ccc(C)c(NC(=O)c2nc[nH]c2C(=O)N2CCN(c3ncccn3)CC2)c1. The molecule has 2 N–H and O–H groups in total. The van der Waals surface area contributed by atoms with Gasteiger partial charge in [0.25, 0.3) is 11.8 Å². The number of aromatic nitrogens is 4. The van der Waals surface area contributed by atoms with E-state index in [-0.39, 0.29) is 17.3 Å². The van der Waals surface area contributed by atoms with Gasteiger partial charge in [-0.25, -0.2) is 15.0 Å². The molecule has 0 atom stereocenters. The molecule has 1 saturated heterocycles. The molecule has 3 aromatic rings. The summed E-state index contributed by atoms with van der Waals surface area (Å²) >= 11 is 0. The molecule has 30 heavy (non-hydrogen) atoms. The molecule has 1 fully saturated rings. The Balaban J connectivity index is 1.44. The number of anilines is 2. The molecule has 0 unspecified atom stereocenters. The van der Waals surface area contributed by atoms with Crippen LogP contribution < -0.4 is 10.2 Å². The molecule has 4 rings (SSSR count). The molecule has 9 heteroatoms. The Morgan fingerprint density at radius 3 is 2.50 bits per heavy atom. The van der Waals surface area contributed by atoms with E-state index in [1.807, 2.05) is 36.9 Å². The van der Waals surface area contributed by atoms with Crippen molar-refractivity contribution in [3.8, 4) is 0 Å². The molecule has 0 radical (unpaired) electrons. The largest absolute Gasteiger partial charge is 0.340 e. The van der Waals surface area contributed by atoms with Gasteiger partial charge in [-0.2, -0.15) is 0 Å². The topological polar surface area (TPSA) is 107 Å². The number of nitrogens with zero attached hydrogens (tertiary/aromatic N) is 5. The second-order valence-corrected chi connectivity index (χ2v) is 7.23. The van der Waals surface area contributed by atoms with Crippen LogP contribution in [0.2, 0.25) is 0 Å². The maximum atomic E-state index is 13.0. The third kappa shape index (κ3) is 4.00. The molecule has 2 aromatic heterocycles. The number of piperazine rings is 1. The number of hydrogen-bond donors (Lipinski definition) is 2. The Bertz CT molecular complexity index is 1060. The monoisotopic (exact) mass is 405 g/mol. The fourth-order valence-corrected chi connectivity index (χ4v) is 3.40. The van der Waals surface area contributed by atoms with Crippen LogP contribution in [0.3, 0.4) is 0 Å². The highest BCUT2D eigenvalue weighted by atomic mass is 16.2. The lowest BCUT2D eigenvalue weighted by Gasteiger charge is -2.34. The molecule has 0 saturated carbocycles. The summed E-state index contributed by atoms with van der Waals surface area (Å²) in [5.41, 5.74) is 2.97. The first-order valence-corrected chi connectivity index (χ1v) is 9.76. The number of hydrogen-bond acceptors (Lipinski definition) is 6. The summed E-state index contributed by atoms with van der Waals surface area (Å²) in [6.07, 6.45) is 4.77. The minimum atomic E-state index is -0.412. The number of aromatic amines is 1. The van der Waals surface area contributed by atoms with Gasteiger partial charge < -0.3 is 20.1 Å². The average Bonchev–Trinajstić information content (AvgIpc) is 3.27. The number of benzene rings is 1. The number of aryl methyl sites for hydroxylation is 2. The smallest absolute Gasteiger partial charge is 0.276 e. The lowest BCUT2D eigenvalue weighted by molar-refractivity contribution is 0.0736.